The van der Waals surface area contributed by atoms with Crippen LogP contribution in [0.5, 0.6) is 0 Å². The fourth-order valence-corrected chi connectivity index (χ4v) is 6.51. The van der Waals surface area contributed by atoms with Gasteiger partial charge in [-0.05, 0) is 87.0 Å². The summed E-state index contributed by atoms with van der Waals surface area (Å²) in [5.74, 6) is 0. The van der Waals surface area contributed by atoms with Gasteiger partial charge in [-0.3, -0.25) is 14.4 Å². The Hall–Kier alpha value is -4.57. The first-order chi connectivity index (χ1) is 17.3. The molecule has 0 atom stereocenters. The van der Waals surface area contributed by atoms with Gasteiger partial charge < -0.3 is 0 Å². The average molecular weight is 447 g/mol. The third-order valence-corrected chi connectivity index (χ3v) is 7.97. The smallest absolute Gasteiger partial charge is 0.147 e. The predicted octanol–water partition coefficient (Wildman–Crippen LogP) is 6.73. The summed E-state index contributed by atoms with van der Waals surface area (Å²) in [7, 11) is 0. The maximum Gasteiger partial charge on any atom is 0.147 e. The molecule has 0 unspecified atom stereocenters. The Labute approximate surface area is 200 Å². The molecule has 35 heavy (non-hydrogen) atoms. The lowest BCUT2D eigenvalue weighted by molar-refractivity contribution is 1.24. The van der Waals surface area contributed by atoms with Crippen LogP contribution in [0.25, 0.3) is 60.6 Å². The summed E-state index contributed by atoms with van der Waals surface area (Å²) < 4.78 is 2.27. The van der Waals surface area contributed by atoms with E-state index in [1.807, 2.05) is 24.8 Å². The van der Waals surface area contributed by atoms with Crippen LogP contribution in [0.2, 0.25) is 0 Å². The first-order valence-corrected chi connectivity index (χ1v) is 12.0. The van der Waals surface area contributed by atoms with Crippen LogP contribution in [-0.2, 0) is 12.8 Å². The topological polar surface area (TPSA) is 43.1 Å². The largest absolute Gasteiger partial charge is 0.290 e. The van der Waals surface area contributed by atoms with Crippen LogP contribution in [0.3, 0.4) is 0 Å². The van der Waals surface area contributed by atoms with Crippen LogP contribution in [0.1, 0.15) is 22.3 Å². The number of hydrogen-bond donors (Lipinski definition) is 0. The van der Waals surface area contributed by atoms with Crippen molar-refractivity contribution in [1.29, 1.82) is 0 Å². The van der Waals surface area contributed by atoms with E-state index in [0.717, 1.165) is 35.0 Å². The van der Waals surface area contributed by atoms with Gasteiger partial charge in [-0.1, -0.05) is 36.4 Å². The Kier molecular flexibility index (Phi) is 3.11. The highest BCUT2D eigenvalue weighted by Gasteiger charge is 2.28. The molecule has 0 N–H and O–H groups in total. The Bertz CT molecular complexity index is 2070. The quantitative estimate of drug-likeness (QED) is 0.243. The van der Waals surface area contributed by atoms with Gasteiger partial charge in [0.2, 0.25) is 0 Å². The predicted molar refractivity (Wildman–Crippen MR) is 140 cm³/mol. The van der Waals surface area contributed by atoms with E-state index in [-0.39, 0.29) is 0 Å². The number of aromatic nitrogens is 4. The molecule has 0 bridgehead atoms. The molecule has 3 aromatic carbocycles. The van der Waals surface area contributed by atoms with Crippen molar-refractivity contribution < 1.29 is 0 Å². The van der Waals surface area contributed by atoms with Gasteiger partial charge in [-0.2, -0.15) is 0 Å². The summed E-state index contributed by atoms with van der Waals surface area (Å²) in [5, 5.41) is 3.66. The van der Waals surface area contributed by atoms with Crippen LogP contribution in [0, 0.1) is 0 Å². The van der Waals surface area contributed by atoms with Gasteiger partial charge in [0.1, 0.15) is 11.2 Å². The highest BCUT2D eigenvalue weighted by molar-refractivity contribution is 6.19. The second-order valence-electron chi connectivity index (χ2n) is 9.73. The number of fused-ring (bicyclic) bond motifs is 15. The second-order valence-corrected chi connectivity index (χ2v) is 9.73. The molecule has 0 saturated heterocycles. The van der Waals surface area contributed by atoms with Gasteiger partial charge in [0, 0.05) is 23.2 Å². The van der Waals surface area contributed by atoms with Crippen molar-refractivity contribution in [2.24, 2.45) is 0 Å². The number of pyridine rings is 3. The van der Waals surface area contributed by atoms with E-state index in [0.29, 0.717) is 0 Å². The SMILES string of the molecule is c1ccc2c(c1)Cc1cc3c(cc1-2)Cc1ccc2c4ccncc4n4c5ccncc5nc4c2c1-3. The molecule has 0 aliphatic heterocycles. The highest BCUT2D eigenvalue weighted by atomic mass is 15.0. The van der Waals surface area contributed by atoms with Crippen LogP contribution >= 0.6 is 0 Å². The first-order valence-electron chi connectivity index (χ1n) is 12.0. The number of imidazole rings is 1. The lowest BCUT2D eigenvalue weighted by atomic mass is 9.94. The van der Waals surface area contributed by atoms with Crippen molar-refractivity contribution in [2.45, 2.75) is 12.8 Å². The summed E-state index contributed by atoms with van der Waals surface area (Å²) in [5.41, 5.74) is 15.2. The monoisotopic (exact) mass is 446 g/mol. The molecule has 7 aromatic rings. The third kappa shape index (κ3) is 2.15. The van der Waals surface area contributed by atoms with E-state index in [2.05, 4.69) is 75.0 Å². The summed E-state index contributed by atoms with van der Waals surface area (Å²) in [6.07, 6.45) is 9.50. The lowest BCUT2D eigenvalue weighted by Gasteiger charge is -2.13. The van der Waals surface area contributed by atoms with Gasteiger partial charge in [0.25, 0.3) is 0 Å². The molecular weight excluding hydrogens is 428 g/mol. The molecule has 4 nitrogen and oxygen atoms in total. The van der Waals surface area contributed by atoms with E-state index in [1.165, 1.54) is 60.7 Å². The fraction of sp³-hybridized carbons (Fsp3) is 0.0645. The minimum absolute atomic E-state index is 0.908. The Balaban J connectivity index is 1.45. The lowest BCUT2D eigenvalue weighted by Crippen LogP contribution is -1.94. The molecule has 0 spiro atoms. The van der Waals surface area contributed by atoms with Crippen molar-refractivity contribution in [3.63, 3.8) is 0 Å². The van der Waals surface area contributed by atoms with E-state index in [4.69, 9.17) is 4.98 Å². The molecule has 0 fully saturated rings. The normalized spacial score (nSPS) is 13.5. The van der Waals surface area contributed by atoms with Gasteiger partial charge >= 0.3 is 0 Å². The first kappa shape index (κ1) is 17.8. The van der Waals surface area contributed by atoms with Crippen LogP contribution in [0.15, 0.2) is 85.5 Å². The number of nitrogens with zero attached hydrogens (tertiary/aromatic N) is 4. The zero-order chi connectivity index (χ0) is 22.7. The van der Waals surface area contributed by atoms with Crippen molar-refractivity contribution in [2.75, 3.05) is 0 Å². The molecule has 162 valence electrons. The fourth-order valence-electron chi connectivity index (χ4n) is 6.51. The number of benzene rings is 3. The molecule has 0 saturated carbocycles. The molecule has 2 aliphatic rings. The summed E-state index contributed by atoms with van der Waals surface area (Å²) in [6, 6.07) is 22.5. The average Bonchev–Trinajstić information content (AvgIpc) is 3.58. The van der Waals surface area contributed by atoms with Gasteiger partial charge in [0.05, 0.1) is 23.4 Å². The zero-order valence-electron chi connectivity index (χ0n) is 18.8. The molecule has 4 heteroatoms. The van der Waals surface area contributed by atoms with Gasteiger partial charge in [0.15, 0.2) is 0 Å². The molecule has 0 radical (unpaired) electrons. The Morgan fingerprint density at radius 2 is 1.46 bits per heavy atom. The molecule has 4 aromatic heterocycles. The highest BCUT2D eigenvalue weighted by Crippen LogP contribution is 2.48. The maximum absolute atomic E-state index is 5.12. The minimum atomic E-state index is 0.908. The Morgan fingerprint density at radius 3 is 2.46 bits per heavy atom. The third-order valence-electron chi connectivity index (χ3n) is 7.97. The summed E-state index contributed by atoms with van der Waals surface area (Å²) >= 11 is 0. The molecule has 2 aliphatic carbocycles. The van der Waals surface area contributed by atoms with Crippen molar-refractivity contribution in [3.05, 3.63) is 108 Å². The van der Waals surface area contributed by atoms with Crippen LogP contribution in [-0.4, -0.2) is 19.4 Å². The maximum atomic E-state index is 5.12. The molecule has 0 amide bonds. The van der Waals surface area contributed by atoms with E-state index < -0.39 is 0 Å². The molecular formula is C31H18N4. The van der Waals surface area contributed by atoms with Crippen molar-refractivity contribution in [3.8, 4) is 22.3 Å². The Morgan fingerprint density at radius 1 is 0.629 bits per heavy atom. The number of rotatable bonds is 0. The van der Waals surface area contributed by atoms with Gasteiger partial charge in [-0.25, -0.2) is 4.98 Å². The van der Waals surface area contributed by atoms with Crippen molar-refractivity contribution in [1.82, 2.24) is 19.4 Å². The molecule has 4 heterocycles. The van der Waals surface area contributed by atoms with Crippen molar-refractivity contribution >= 4 is 38.4 Å². The van der Waals surface area contributed by atoms with Crippen LogP contribution < -0.4 is 0 Å². The van der Waals surface area contributed by atoms with E-state index in [1.54, 1.807) is 0 Å². The van der Waals surface area contributed by atoms with E-state index in [9.17, 15) is 0 Å². The van der Waals surface area contributed by atoms with Crippen LogP contribution in [0.4, 0.5) is 0 Å². The summed E-state index contributed by atoms with van der Waals surface area (Å²) in [6.45, 7) is 0. The minimum Gasteiger partial charge on any atom is -0.290 e. The van der Waals surface area contributed by atoms with Gasteiger partial charge in [-0.15, -0.1) is 0 Å². The van der Waals surface area contributed by atoms with E-state index >= 15 is 0 Å². The second kappa shape index (κ2) is 6.10. The molecule has 9 rings (SSSR count). The standard InChI is InChI=1S/C31H18N4/c1-2-4-21-17(3-1)11-19-14-25-20(13-24(19)21)12-18-5-6-23-22-7-9-33-16-28(22)35-27-8-10-32-15-26(27)34-31(35)30(23)29(18)25/h1-10,13-16H,11-12H2. The number of hydrogen-bond acceptors (Lipinski definition) is 3. The zero-order valence-corrected chi connectivity index (χ0v) is 18.8. The summed E-state index contributed by atoms with van der Waals surface area (Å²) in [4.78, 5) is 13.9.